The first-order valence-corrected chi connectivity index (χ1v) is 5.22. The number of halogens is 1. The molecule has 0 heterocycles. The summed E-state index contributed by atoms with van der Waals surface area (Å²) in [7, 11) is 1.65. The highest BCUT2D eigenvalue weighted by Crippen LogP contribution is 2.38. The summed E-state index contributed by atoms with van der Waals surface area (Å²) in [6.45, 7) is 0. The molecular weight excluding hydrogens is 198 g/mol. The van der Waals surface area contributed by atoms with Crippen LogP contribution in [0.15, 0.2) is 12.1 Å². The van der Waals surface area contributed by atoms with Gasteiger partial charge in [0, 0.05) is 11.6 Å². The molecule has 76 valence electrons. The van der Waals surface area contributed by atoms with Crippen molar-refractivity contribution in [3.8, 4) is 5.75 Å². The SMILES string of the molecule is COc1c(Cl)ccc2c1CCC[C@@H]2N. The summed E-state index contributed by atoms with van der Waals surface area (Å²) in [5.41, 5.74) is 8.41. The first-order chi connectivity index (χ1) is 6.74. The molecule has 1 aliphatic rings. The Labute approximate surface area is 89.0 Å². The van der Waals surface area contributed by atoms with Crippen LogP contribution in [0.4, 0.5) is 0 Å². The van der Waals surface area contributed by atoms with E-state index in [1.54, 1.807) is 7.11 Å². The molecule has 1 aromatic carbocycles. The van der Waals surface area contributed by atoms with E-state index >= 15 is 0 Å². The van der Waals surface area contributed by atoms with E-state index in [0.717, 1.165) is 25.0 Å². The predicted octanol–water partition coefficient (Wildman–Crippen LogP) is 2.68. The molecule has 0 aromatic heterocycles. The molecule has 0 unspecified atom stereocenters. The smallest absolute Gasteiger partial charge is 0.140 e. The molecule has 0 saturated heterocycles. The quantitative estimate of drug-likeness (QED) is 0.775. The lowest BCUT2D eigenvalue weighted by molar-refractivity contribution is 0.403. The summed E-state index contributed by atoms with van der Waals surface area (Å²) < 4.78 is 5.30. The molecule has 0 amide bonds. The van der Waals surface area contributed by atoms with Gasteiger partial charge in [0.1, 0.15) is 5.75 Å². The largest absolute Gasteiger partial charge is 0.495 e. The summed E-state index contributed by atoms with van der Waals surface area (Å²) in [5.74, 6) is 0.805. The fraction of sp³-hybridized carbons (Fsp3) is 0.455. The molecule has 0 bridgehead atoms. The van der Waals surface area contributed by atoms with Crippen LogP contribution in [0.25, 0.3) is 0 Å². The molecule has 2 N–H and O–H groups in total. The van der Waals surface area contributed by atoms with Crippen molar-refractivity contribution in [1.82, 2.24) is 0 Å². The molecule has 3 heteroatoms. The average Bonchev–Trinajstić information content (AvgIpc) is 2.18. The number of fused-ring (bicyclic) bond motifs is 1. The minimum atomic E-state index is 0.143. The van der Waals surface area contributed by atoms with Gasteiger partial charge in [0.2, 0.25) is 0 Å². The van der Waals surface area contributed by atoms with E-state index in [2.05, 4.69) is 0 Å². The normalized spacial score (nSPS) is 20.4. The Morgan fingerprint density at radius 3 is 3.00 bits per heavy atom. The zero-order chi connectivity index (χ0) is 10.1. The van der Waals surface area contributed by atoms with Crippen LogP contribution in [0, 0.1) is 0 Å². The summed E-state index contributed by atoms with van der Waals surface area (Å²) in [6, 6.07) is 4.03. The first kappa shape index (κ1) is 9.81. The van der Waals surface area contributed by atoms with Gasteiger partial charge in [0.05, 0.1) is 12.1 Å². The second-order valence-electron chi connectivity index (χ2n) is 3.65. The summed E-state index contributed by atoms with van der Waals surface area (Å²) in [4.78, 5) is 0. The van der Waals surface area contributed by atoms with Crippen LogP contribution in [-0.2, 0) is 6.42 Å². The maximum absolute atomic E-state index is 6.04. The van der Waals surface area contributed by atoms with E-state index in [4.69, 9.17) is 22.1 Å². The number of methoxy groups -OCH3 is 1. The van der Waals surface area contributed by atoms with Gasteiger partial charge < -0.3 is 10.5 Å². The number of rotatable bonds is 1. The van der Waals surface area contributed by atoms with Crippen LogP contribution in [0.3, 0.4) is 0 Å². The number of benzene rings is 1. The second kappa shape index (κ2) is 3.79. The summed E-state index contributed by atoms with van der Waals surface area (Å²) in [6.07, 6.45) is 3.19. The van der Waals surface area contributed by atoms with Crippen molar-refractivity contribution >= 4 is 11.6 Å². The van der Waals surface area contributed by atoms with Gasteiger partial charge in [-0.2, -0.15) is 0 Å². The van der Waals surface area contributed by atoms with Crippen LogP contribution in [-0.4, -0.2) is 7.11 Å². The third-order valence-electron chi connectivity index (χ3n) is 2.79. The molecule has 2 nitrogen and oxygen atoms in total. The van der Waals surface area contributed by atoms with Crippen LogP contribution in [0.1, 0.15) is 30.0 Å². The monoisotopic (exact) mass is 211 g/mol. The van der Waals surface area contributed by atoms with Gasteiger partial charge in [0.25, 0.3) is 0 Å². The number of ether oxygens (including phenoxy) is 1. The van der Waals surface area contributed by atoms with E-state index in [-0.39, 0.29) is 6.04 Å². The lowest BCUT2D eigenvalue weighted by Crippen LogP contribution is -2.18. The highest BCUT2D eigenvalue weighted by atomic mass is 35.5. The minimum Gasteiger partial charge on any atom is -0.495 e. The summed E-state index contributed by atoms with van der Waals surface area (Å²) in [5, 5.41) is 0.681. The van der Waals surface area contributed by atoms with Gasteiger partial charge in [-0.15, -0.1) is 0 Å². The molecule has 0 fully saturated rings. The number of hydrogen-bond acceptors (Lipinski definition) is 2. The van der Waals surface area contributed by atoms with Gasteiger partial charge in [-0.25, -0.2) is 0 Å². The van der Waals surface area contributed by atoms with Crippen molar-refractivity contribution in [1.29, 1.82) is 0 Å². The molecule has 1 atom stereocenters. The number of nitrogens with two attached hydrogens (primary N) is 1. The van der Waals surface area contributed by atoms with Crippen molar-refractivity contribution in [2.24, 2.45) is 5.73 Å². The lowest BCUT2D eigenvalue weighted by atomic mass is 9.87. The van der Waals surface area contributed by atoms with Crippen molar-refractivity contribution in [3.63, 3.8) is 0 Å². The maximum atomic E-state index is 6.04. The first-order valence-electron chi connectivity index (χ1n) is 4.85. The van der Waals surface area contributed by atoms with Gasteiger partial charge in [-0.3, -0.25) is 0 Å². The predicted molar refractivity (Wildman–Crippen MR) is 57.9 cm³/mol. The lowest BCUT2D eigenvalue weighted by Gasteiger charge is -2.24. The summed E-state index contributed by atoms with van der Waals surface area (Å²) >= 11 is 6.04. The Morgan fingerprint density at radius 2 is 2.29 bits per heavy atom. The van der Waals surface area contributed by atoms with E-state index in [9.17, 15) is 0 Å². The van der Waals surface area contributed by atoms with Gasteiger partial charge in [-0.1, -0.05) is 17.7 Å². The molecule has 1 aromatic rings. The molecule has 0 spiro atoms. The Balaban J connectivity index is 2.55. The number of hydrogen-bond donors (Lipinski definition) is 1. The van der Waals surface area contributed by atoms with Crippen molar-refractivity contribution in [3.05, 3.63) is 28.3 Å². The van der Waals surface area contributed by atoms with Gasteiger partial charge >= 0.3 is 0 Å². The van der Waals surface area contributed by atoms with E-state index in [0.29, 0.717) is 5.02 Å². The molecule has 0 aliphatic heterocycles. The zero-order valence-electron chi connectivity index (χ0n) is 8.22. The third-order valence-corrected chi connectivity index (χ3v) is 3.09. The Morgan fingerprint density at radius 1 is 1.50 bits per heavy atom. The van der Waals surface area contributed by atoms with Crippen molar-refractivity contribution < 1.29 is 4.74 Å². The van der Waals surface area contributed by atoms with E-state index in [1.807, 2.05) is 12.1 Å². The molecular formula is C11H14ClNO. The Bertz CT molecular complexity index is 351. The molecule has 1 aliphatic carbocycles. The highest BCUT2D eigenvalue weighted by Gasteiger charge is 2.21. The van der Waals surface area contributed by atoms with Gasteiger partial charge in [-0.05, 0) is 30.9 Å². The standard InChI is InChI=1S/C11H14ClNO/c1-14-11-8-3-2-4-10(13)7(8)5-6-9(11)12/h5-6,10H,2-4,13H2,1H3/t10-/m0/s1. The molecule has 0 saturated carbocycles. The Kier molecular flexibility index (Phi) is 2.66. The molecule has 14 heavy (non-hydrogen) atoms. The van der Waals surface area contributed by atoms with E-state index in [1.165, 1.54) is 11.1 Å². The van der Waals surface area contributed by atoms with Gasteiger partial charge in [0.15, 0.2) is 0 Å². The molecule has 0 radical (unpaired) electrons. The second-order valence-corrected chi connectivity index (χ2v) is 4.05. The third kappa shape index (κ3) is 1.49. The Hall–Kier alpha value is -0.730. The highest BCUT2D eigenvalue weighted by molar-refractivity contribution is 6.32. The zero-order valence-corrected chi connectivity index (χ0v) is 8.97. The maximum Gasteiger partial charge on any atom is 0.140 e. The molecule has 2 rings (SSSR count). The minimum absolute atomic E-state index is 0.143. The van der Waals surface area contributed by atoms with Crippen LogP contribution in [0.5, 0.6) is 5.75 Å². The van der Waals surface area contributed by atoms with Crippen molar-refractivity contribution in [2.45, 2.75) is 25.3 Å². The fourth-order valence-corrected chi connectivity index (χ4v) is 2.35. The van der Waals surface area contributed by atoms with Crippen LogP contribution >= 0.6 is 11.6 Å². The van der Waals surface area contributed by atoms with Crippen molar-refractivity contribution in [2.75, 3.05) is 7.11 Å². The van der Waals surface area contributed by atoms with E-state index < -0.39 is 0 Å². The van der Waals surface area contributed by atoms with Crippen LogP contribution < -0.4 is 10.5 Å². The fourth-order valence-electron chi connectivity index (χ4n) is 2.09. The topological polar surface area (TPSA) is 35.2 Å². The van der Waals surface area contributed by atoms with Crippen LogP contribution in [0.2, 0.25) is 5.02 Å². The average molecular weight is 212 g/mol.